The molecule has 0 radical (unpaired) electrons. The van der Waals surface area contributed by atoms with Crippen LogP contribution in [0.1, 0.15) is 19.1 Å². The van der Waals surface area contributed by atoms with Crippen LogP contribution >= 0.6 is 15.9 Å². The molecule has 0 bridgehead atoms. The van der Waals surface area contributed by atoms with Crippen molar-refractivity contribution in [2.24, 2.45) is 0 Å². The Kier molecular flexibility index (Phi) is 5.55. The third-order valence-corrected chi connectivity index (χ3v) is 2.58. The number of rotatable bonds is 6. The van der Waals surface area contributed by atoms with Crippen LogP contribution in [0.4, 0.5) is 0 Å². The minimum atomic E-state index is 0.0703. The summed E-state index contributed by atoms with van der Waals surface area (Å²) in [5, 5.41) is 3.08. The second-order valence-corrected chi connectivity index (χ2v) is 4.41. The molecule has 0 aliphatic carbocycles. The quantitative estimate of drug-likeness (QED) is 0.815. The molecule has 0 aromatic carbocycles. The van der Waals surface area contributed by atoms with E-state index in [1.54, 1.807) is 11.9 Å². The molecule has 0 saturated carbocycles. The second kappa shape index (κ2) is 6.70. The lowest BCUT2D eigenvalue weighted by Crippen LogP contribution is -2.35. The van der Waals surface area contributed by atoms with E-state index in [0.29, 0.717) is 17.8 Å². The monoisotopic (exact) mass is 288 g/mol. The largest absolute Gasteiger partial charge is 0.452 e. The maximum absolute atomic E-state index is 11.6. The normalized spacial score (nSPS) is 10.4. The first kappa shape index (κ1) is 13.3. The Morgan fingerprint density at radius 3 is 2.88 bits per heavy atom. The van der Waals surface area contributed by atoms with E-state index in [-0.39, 0.29) is 5.91 Å². The Hall–Kier alpha value is -0.810. The highest BCUT2D eigenvalue weighted by Crippen LogP contribution is 2.15. The van der Waals surface area contributed by atoms with Crippen molar-refractivity contribution in [2.45, 2.75) is 19.9 Å². The molecule has 0 spiro atoms. The van der Waals surface area contributed by atoms with Crippen molar-refractivity contribution in [3.8, 4) is 0 Å². The van der Waals surface area contributed by atoms with Crippen LogP contribution in [-0.4, -0.2) is 30.9 Å². The number of carbonyl (C=O) groups excluding carboxylic acids is 1. The first-order chi connectivity index (χ1) is 7.63. The molecular weight excluding hydrogens is 272 g/mol. The van der Waals surface area contributed by atoms with Gasteiger partial charge in [-0.2, -0.15) is 0 Å². The molecule has 1 N–H and O–H groups in total. The third kappa shape index (κ3) is 4.37. The van der Waals surface area contributed by atoms with Gasteiger partial charge in [-0.05, 0) is 41.0 Å². The summed E-state index contributed by atoms with van der Waals surface area (Å²) in [6.07, 6.45) is 1.03. The van der Waals surface area contributed by atoms with E-state index >= 15 is 0 Å². The second-order valence-electron chi connectivity index (χ2n) is 3.63. The van der Waals surface area contributed by atoms with E-state index in [0.717, 1.165) is 18.7 Å². The lowest BCUT2D eigenvalue weighted by atomic mass is 10.4. The van der Waals surface area contributed by atoms with E-state index in [2.05, 4.69) is 28.2 Å². The van der Waals surface area contributed by atoms with Gasteiger partial charge in [0.1, 0.15) is 5.76 Å². The Morgan fingerprint density at radius 2 is 2.31 bits per heavy atom. The third-order valence-electron chi connectivity index (χ3n) is 2.15. The fourth-order valence-electron chi connectivity index (χ4n) is 1.27. The maximum atomic E-state index is 11.6. The molecule has 1 aromatic rings. The van der Waals surface area contributed by atoms with E-state index in [4.69, 9.17) is 4.42 Å². The molecule has 5 heteroatoms. The molecule has 4 nitrogen and oxygen atoms in total. The molecule has 1 heterocycles. The first-order valence-electron chi connectivity index (χ1n) is 5.32. The van der Waals surface area contributed by atoms with Crippen molar-refractivity contribution in [1.29, 1.82) is 0 Å². The standard InChI is InChI=1S/C11H17BrN2O2/c1-3-6-13-7-11(15)14(2)8-9-4-5-10(12)16-9/h4-5,13H,3,6-8H2,1-2H3. The topological polar surface area (TPSA) is 45.5 Å². The number of furan rings is 1. The van der Waals surface area contributed by atoms with Crippen LogP contribution in [-0.2, 0) is 11.3 Å². The minimum absolute atomic E-state index is 0.0703. The molecule has 0 aliphatic heterocycles. The van der Waals surface area contributed by atoms with Gasteiger partial charge in [0.15, 0.2) is 4.67 Å². The molecule has 0 fully saturated rings. The van der Waals surface area contributed by atoms with Crippen LogP contribution in [0.25, 0.3) is 0 Å². The van der Waals surface area contributed by atoms with Crippen molar-refractivity contribution in [2.75, 3.05) is 20.1 Å². The zero-order valence-corrected chi connectivity index (χ0v) is 11.2. The maximum Gasteiger partial charge on any atom is 0.236 e. The van der Waals surface area contributed by atoms with E-state index in [1.165, 1.54) is 0 Å². The van der Waals surface area contributed by atoms with Crippen LogP contribution in [0, 0.1) is 0 Å². The van der Waals surface area contributed by atoms with Crippen LogP contribution in [0.15, 0.2) is 21.2 Å². The fourth-order valence-corrected chi connectivity index (χ4v) is 1.61. The molecule has 90 valence electrons. The SMILES string of the molecule is CCCNCC(=O)N(C)Cc1ccc(Br)o1. The molecule has 1 rings (SSSR count). The summed E-state index contributed by atoms with van der Waals surface area (Å²) in [6.45, 7) is 3.82. The highest BCUT2D eigenvalue weighted by molar-refractivity contribution is 9.10. The Morgan fingerprint density at radius 1 is 1.56 bits per heavy atom. The van der Waals surface area contributed by atoms with Crippen LogP contribution in [0.2, 0.25) is 0 Å². The summed E-state index contributed by atoms with van der Waals surface area (Å²) in [5.74, 6) is 0.846. The number of nitrogens with zero attached hydrogens (tertiary/aromatic N) is 1. The number of likely N-dealkylation sites (N-methyl/N-ethyl adjacent to an activating group) is 1. The van der Waals surface area contributed by atoms with Gasteiger partial charge >= 0.3 is 0 Å². The average Bonchev–Trinajstić information content (AvgIpc) is 2.64. The predicted molar refractivity (Wildman–Crippen MR) is 66.0 cm³/mol. The number of hydrogen-bond acceptors (Lipinski definition) is 3. The van der Waals surface area contributed by atoms with Gasteiger partial charge in [-0.1, -0.05) is 6.92 Å². The summed E-state index contributed by atoms with van der Waals surface area (Å²) >= 11 is 3.23. The van der Waals surface area contributed by atoms with Gasteiger partial charge < -0.3 is 14.6 Å². The van der Waals surface area contributed by atoms with Crippen molar-refractivity contribution < 1.29 is 9.21 Å². The van der Waals surface area contributed by atoms with Gasteiger partial charge in [0, 0.05) is 7.05 Å². The molecule has 0 saturated heterocycles. The molecule has 0 unspecified atom stereocenters. The molecule has 16 heavy (non-hydrogen) atoms. The molecule has 1 aromatic heterocycles. The highest BCUT2D eigenvalue weighted by Gasteiger charge is 2.10. The van der Waals surface area contributed by atoms with Gasteiger partial charge in [-0.3, -0.25) is 4.79 Å². The Balaban J connectivity index is 2.34. The number of nitrogens with one attached hydrogen (secondary N) is 1. The zero-order chi connectivity index (χ0) is 12.0. The van der Waals surface area contributed by atoms with Crippen molar-refractivity contribution >= 4 is 21.8 Å². The van der Waals surface area contributed by atoms with E-state index in [9.17, 15) is 4.79 Å². The van der Waals surface area contributed by atoms with Crippen LogP contribution in [0.5, 0.6) is 0 Å². The minimum Gasteiger partial charge on any atom is -0.452 e. The Labute approximate surface area is 104 Å². The lowest BCUT2D eigenvalue weighted by Gasteiger charge is -2.15. The molecular formula is C11H17BrN2O2. The average molecular weight is 289 g/mol. The molecule has 0 aliphatic rings. The predicted octanol–water partition coefficient (Wildman–Crippen LogP) is 2.00. The molecule has 1 amide bonds. The number of carbonyl (C=O) groups is 1. The summed E-state index contributed by atoms with van der Waals surface area (Å²) in [4.78, 5) is 13.3. The van der Waals surface area contributed by atoms with Crippen molar-refractivity contribution in [3.05, 3.63) is 22.6 Å². The van der Waals surface area contributed by atoms with Gasteiger partial charge in [-0.15, -0.1) is 0 Å². The summed E-state index contributed by atoms with van der Waals surface area (Å²) in [5.41, 5.74) is 0. The zero-order valence-electron chi connectivity index (χ0n) is 9.62. The first-order valence-corrected chi connectivity index (χ1v) is 6.11. The van der Waals surface area contributed by atoms with Crippen LogP contribution < -0.4 is 5.32 Å². The van der Waals surface area contributed by atoms with E-state index < -0.39 is 0 Å². The Bertz CT molecular complexity index is 338. The molecule has 0 atom stereocenters. The number of halogens is 1. The van der Waals surface area contributed by atoms with Gasteiger partial charge in [0.2, 0.25) is 5.91 Å². The number of hydrogen-bond donors (Lipinski definition) is 1. The van der Waals surface area contributed by atoms with Gasteiger partial charge in [0.05, 0.1) is 13.1 Å². The fraction of sp³-hybridized carbons (Fsp3) is 0.545. The van der Waals surface area contributed by atoms with Gasteiger partial charge in [-0.25, -0.2) is 0 Å². The lowest BCUT2D eigenvalue weighted by molar-refractivity contribution is -0.129. The summed E-state index contributed by atoms with van der Waals surface area (Å²) in [7, 11) is 1.77. The van der Waals surface area contributed by atoms with Crippen LogP contribution in [0.3, 0.4) is 0 Å². The summed E-state index contributed by atoms with van der Waals surface area (Å²) < 4.78 is 6.02. The number of amides is 1. The smallest absolute Gasteiger partial charge is 0.236 e. The van der Waals surface area contributed by atoms with Crippen molar-refractivity contribution in [3.63, 3.8) is 0 Å². The summed E-state index contributed by atoms with van der Waals surface area (Å²) in [6, 6.07) is 3.68. The van der Waals surface area contributed by atoms with E-state index in [1.807, 2.05) is 12.1 Å². The highest BCUT2D eigenvalue weighted by atomic mass is 79.9. The van der Waals surface area contributed by atoms with Gasteiger partial charge in [0.25, 0.3) is 0 Å². The van der Waals surface area contributed by atoms with Crippen molar-refractivity contribution in [1.82, 2.24) is 10.2 Å².